The first-order valence-corrected chi connectivity index (χ1v) is 5.75. The zero-order valence-electron chi connectivity index (χ0n) is 10.0. The van der Waals surface area contributed by atoms with Crippen molar-refractivity contribution in [3.8, 4) is 5.75 Å². The van der Waals surface area contributed by atoms with E-state index in [2.05, 4.69) is 15.6 Å². The smallest absolute Gasteiger partial charge is 0.287 e. The molecule has 1 aromatic carbocycles. The highest BCUT2D eigenvalue weighted by molar-refractivity contribution is 6.32. The first kappa shape index (κ1) is 13.1. The van der Waals surface area contributed by atoms with Crippen LogP contribution in [0.15, 0.2) is 40.4 Å². The SMILES string of the molecule is Cn1ncc(N/N=C\c2ccc(O)cc2)c(Cl)c1=O. The molecule has 0 saturated heterocycles. The van der Waals surface area contributed by atoms with Gasteiger partial charge in [0.15, 0.2) is 0 Å². The van der Waals surface area contributed by atoms with E-state index in [0.717, 1.165) is 10.2 Å². The standard InChI is InChI=1S/C12H11ClN4O2/c1-17-12(19)11(13)10(7-15-17)16-14-6-8-2-4-9(18)5-3-8/h2-7,16,18H,1H3/b14-6-. The maximum Gasteiger partial charge on any atom is 0.287 e. The molecule has 7 heteroatoms. The van der Waals surface area contributed by atoms with Gasteiger partial charge in [-0.05, 0) is 29.8 Å². The lowest BCUT2D eigenvalue weighted by Gasteiger charge is -2.03. The number of anilines is 1. The van der Waals surface area contributed by atoms with Gasteiger partial charge in [-0.3, -0.25) is 10.2 Å². The molecule has 0 aliphatic rings. The normalized spacial score (nSPS) is 10.8. The average molecular weight is 279 g/mol. The van der Waals surface area contributed by atoms with Gasteiger partial charge >= 0.3 is 0 Å². The minimum Gasteiger partial charge on any atom is -0.508 e. The summed E-state index contributed by atoms with van der Waals surface area (Å²) >= 11 is 5.86. The van der Waals surface area contributed by atoms with Crippen LogP contribution in [0, 0.1) is 0 Å². The molecule has 0 fully saturated rings. The van der Waals surface area contributed by atoms with Gasteiger partial charge < -0.3 is 5.11 Å². The second kappa shape index (κ2) is 5.53. The quantitative estimate of drug-likeness (QED) is 0.660. The van der Waals surface area contributed by atoms with Crippen LogP contribution >= 0.6 is 11.6 Å². The number of hydrogen-bond acceptors (Lipinski definition) is 5. The minimum absolute atomic E-state index is 0.0281. The molecule has 0 radical (unpaired) electrons. The first-order valence-electron chi connectivity index (χ1n) is 5.38. The second-order valence-electron chi connectivity index (χ2n) is 3.76. The van der Waals surface area contributed by atoms with Gasteiger partial charge in [-0.25, -0.2) is 4.68 Å². The summed E-state index contributed by atoms with van der Waals surface area (Å²) in [4.78, 5) is 11.5. The molecular formula is C12H11ClN4O2. The van der Waals surface area contributed by atoms with Gasteiger partial charge in [0.2, 0.25) is 0 Å². The lowest BCUT2D eigenvalue weighted by Crippen LogP contribution is -2.20. The lowest BCUT2D eigenvalue weighted by atomic mass is 10.2. The number of phenolic OH excluding ortho intramolecular Hbond substituents is 1. The maximum atomic E-state index is 11.5. The van der Waals surface area contributed by atoms with E-state index in [1.165, 1.54) is 19.5 Å². The van der Waals surface area contributed by atoms with Crippen molar-refractivity contribution in [3.05, 3.63) is 51.4 Å². The van der Waals surface area contributed by atoms with E-state index in [4.69, 9.17) is 16.7 Å². The van der Waals surface area contributed by atoms with E-state index in [1.807, 2.05) is 0 Å². The van der Waals surface area contributed by atoms with Gasteiger partial charge in [0.25, 0.3) is 5.56 Å². The topological polar surface area (TPSA) is 79.5 Å². The van der Waals surface area contributed by atoms with E-state index < -0.39 is 5.56 Å². The molecule has 0 bridgehead atoms. The van der Waals surface area contributed by atoms with Gasteiger partial charge in [-0.1, -0.05) is 11.6 Å². The molecule has 0 unspecified atom stereocenters. The third-order valence-corrected chi connectivity index (χ3v) is 2.74. The van der Waals surface area contributed by atoms with E-state index >= 15 is 0 Å². The third kappa shape index (κ3) is 3.11. The average Bonchev–Trinajstić information content (AvgIpc) is 2.41. The summed E-state index contributed by atoms with van der Waals surface area (Å²) in [5.41, 5.74) is 3.37. The number of benzene rings is 1. The van der Waals surface area contributed by atoms with Crippen LogP contribution < -0.4 is 11.0 Å². The molecule has 2 N–H and O–H groups in total. The maximum absolute atomic E-state index is 11.5. The van der Waals surface area contributed by atoms with Gasteiger partial charge in [0, 0.05) is 7.05 Å². The third-order valence-electron chi connectivity index (χ3n) is 2.37. The number of hydrogen-bond donors (Lipinski definition) is 2. The fourth-order valence-corrected chi connectivity index (χ4v) is 1.54. The van der Waals surface area contributed by atoms with Gasteiger partial charge in [0.05, 0.1) is 12.4 Å². The predicted octanol–water partition coefficient (Wildman–Crippen LogP) is 1.59. The summed E-state index contributed by atoms with van der Waals surface area (Å²) in [7, 11) is 1.51. The molecule has 0 atom stereocenters. The fraction of sp³-hybridized carbons (Fsp3) is 0.0833. The molecule has 0 spiro atoms. The highest BCUT2D eigenvalue weighted by Crippen LogP contribution is 2.14. The van der Waals surface area contributed by atoms with Crippen LogP contribution in [0.2, 0.25) is 5.02 Å². The zero-order chi connectivity index (χ0) is 13.8. The Balaban J connectivity index is 2.13. The molecule has 1 heterocycles. The summed E-state index contributed by atoms with van der Waals surface area (Å²) in [5, 5.41) is 16.9. The van der Waals surface area contributed by atoms with Crippen LogP contribution in [0.5, 0.6) is 5.75 Å². The van der Waals surface area contributed by atoms with E-state index in [1.54, 1.807) is 24.3 Å². The molecule has 0 amide bonds. The second-order valence-corrected chi connectivity index (χ2v) is 4.14. The molecule has 2 aromatic rings. The number of aromatic hydroxyl groups is 1. The molecule has 0 saturated carbocycles. The van der Waals surface area contributed by atoms with Crippen molar-refractivity contribution in [2.45, 2.75) is 0 Å². The summed E-state index contributed by atoms with van der Waals surface area (Å²) < 4.78 is 1.14. The summed E-state index contributed by atoms with van der Waals surface area (Å²) in [6, 6.07) is 6.50. The highest BCUT2D eigenvalue weighted by Gasteiger charge is 2.05. The number of nitrogens with zero attached hydrogens (tertiary/aromatic N) is 3. The van der Waals surface area contributed by atoms with Crippen LogP contribution in [-0.4, -0.2) is 21.1 Å². The zero-order valence-corrected chi connectivity index (χ0v) is 10.8. The fourth-order valence-electron chi connectivity index (χ4n) is 1.33. The van der Waals surface area contributed by atoms with Crippen LogP contribution in [0.25, 0.3) is 0 Å². The van der Waals surface area contributed by atoms with Crippen molar-refractivity contribution >= 4 is 23.5 Å². The molecule has 2 rings (SSSR count). The van der Waals surface area contributed by atoms with Crippen molar-refractivity contribution in [2.24, 2.45) is 12.1 Å². The number of aryl methyl sites for hydroxylation is 1. The van der Waals surface area contributed by atoms with E-state index in [-0.39, 0.29) is 10.8 Å². The number of halogens is 1. The number of nitrogens with one attached hydrogen (secondary N) is 1. The summed E-state index contributed by atoms with van der Waals surface area (Å²) in [5.74, 6) is 0.184. The molecule has 1 aromatic heterocycles. The molecule has 19 heavy (non-hydrogen) atoms. The molecule has 0 aliphatic heterocycles. The van der Waals surface area contributed by atoms with Crippen molar-refractivity contribution < 1.29 is 5.11 Å². The number of rotatable bonds is 3. The Kier molecular flexibility index (Phi) is 3.82. The molecular weight excluding hydrogens is 268 g/mol. The van der Waals surface area contributed by atoms with E-state index in [0.29, 0.717) is 5.69 Å². The Morgan fingerprint density at radius 3 is 2.79 bits per heavy atom. The van der Waals surface area contributed by atoms with Crippen LogP contribution in [-0.2, 0) is 7.05 Å². The first-order chi connectivity index (χ1) is 9.08. The summed E-state index contributed by atoms with van der Waals surface area (Å²) in [6.07, 6.45) is 2.95. The Hall–Kier alpha value is -2.34. The minimum atomic E-state index is -0.397. The summed E-state index contributed by atoms with van der Waals surface area (Å²) in [6.45, 7) is 0. The largest absolute Gasteiger partial charge is 0.508 e. The van der Waals surface area contributed by atoms with Crippen LogP contribution in [0.1, 0.15) is 5.56 Å². The van der Waals surface area contributed by atoms with Gasteiger partial charge in [0.1, 0.15) is 16.5 Å². The van der Waals surface area contributed by atoms with Gasteiger partial charge in [-0.15, -0.1) is 0 Å². The predicted molar refractivity (Wildman–Crippen MR) is 73.8 cm³/mol. The Morgan fingerprint density at radius 1 is 1.42 bits per heavy atom. The van der Waals surface area contributed by atoms with Crippen molar-refractivity contribution in [3.63, 3.8) is 0 Å². The Morgan fingerprint density at radius 2 is 2.11 bits per heavy atom. The highest BCUT2D eigenvalue weighted by atomic mass is 35.5. The Bertz CT molecular complexity index is 664. The Labute approximate surface area is 114 Å². The van der Waals surface area contributed by atoms with Crippen LogP contribution in [0.4, 0.5) is 5.69 Å². The molecule has 98 valence electrons. The van der Waals surface area contributed by atoms with Crippen molar-refractivity contribution in [1.29, 1.82) is 0 Å². The number of aromatic nitrogens is 2. The van der Waals surface area contributed by atoms with Crippen molar-refractivity contribution in [1.82, 2.24) is 9.78 Å². The monoisotopic (exact) mass is 278 g/mol. The lowest BCUT2D eigenvalue weighted by molar-refractivity contribution is 0.475. The van der Waals surface area contributed by atoms with Crippen LogP contribution in [0.3, 0.4) is 0 Å². The van der Waals surface area contributed by atoms with Gasteiger partial charge in [-0.2, -0.15) is 10.2 Å². The van der Waals surface area contributed by atoms with Crippen molar-refractivity contribution in [2.75, 3.05) is 5.43 Å². The number of hydrazone groups is 1. The number of phenols is 1. The molecule has 0 aliphatic carbocycles. The molecule has 6 nitrogen and oxygen atoms in total. The van der Waals surface area contributed by atoms with E-state index in [9.17, 15) is 4.79 Å².